The largest absolute Gasteiger partial charge is 0.0602 e. The Morgan fingerprint density at radius 1 is 0.786 bits per heavy atom. The van der Waals surface area contributed by atoms with E-state index in [0.717, 1.165) is 5.41 Å². The minimum Gasteiger partial charge on any atom is -0.0602 e. The third-order valence-corrected chi connectivity index (χ3v) is 7.32. The van der Waals surface area contributed by atoms with Crippen molar-refractivity contribution >= 4 is 0 Å². The van der Waals surface area contributed by atoms with Gasteiger partial charge in [0.2, 0.25) is 0 Å². The van der Waals surface area contributed by atoms with Gasteiger partial charge in [-0.25, -0.2) is 0 Å². The van der Waals surface area contributed by atoms with E-state index in [1.54, 1.807) is 16.7 Å². The summed E-state index contributed by atoms with van der Waals surface area (Å²) in [5.41, 5.74) is 9.17. The summed E-state index contributed by atoms with van der Waals surface area (Å²) >= 11 is 0. The van der Waals surface area contributed by atoms with Gasteiger partial charge in [-0.1, -0.05) is 65.9 Å². The Bertz CT molecular complexity index is 610. The average molecular weight is 385 g/mol. The quantitative estimate of drug-likeness (QED) is 0.315. The second-order valence-corrected chi connectivity index (χ2v) is 11.4. The van der Waals surface area contributed by atoms with Crippen molar-refractivity contribution in [3.63, 3.8) is 0 Å². The molecule has 0 saturated heterocycles. The van der Waals surface area contributed by atoms with Gasteiger partial charge in [-0.15, -0.1) is 0 Å². The molecular formula is C28H48. The minimum absolute atomic E-state index is 0.495. The van der Waals surface area contributed by atoms with E-state index in [-0.39, 0.29) is 0 Å². The Kier molecular flexibility index (Phi) is 8.65. The Balaban J connectivity index is 1.82. The van der Waals surface area contributed by atoms with Crippen molar-refractivity contribution in [1.29, 1.82) is 0 Å². The Morgan fingerprint density at radius 3 is 2.04 bits per heavy atom. The number of hydrogen-bond acceptors (Lipinski definition) is 0. The van der Waals surface area contributed by atoms with E-state index in [0.29, 0.717) is 5.41 Å². The molecule has 0 radical (unpaired) electrons. The second kappa shape index (κ2) is 10.3. The summed E-state index contributed by atoms with van der Waals surface area (Å²) in [6.45, 7) is 16.6. The molecule has 2 rings (SSSR count). The topological polar surface area (TPSA) is 0 Å². The van der Waals surface area contributed by atoms with Gasteiger partial charge in [0.1, 0.15) is 0 Å². The fourth-order valence-electron chi connectivity index (χ4n) is 4.61. The van der Waals surface area contributed by atoms with Crippen LogP contribution in [0, 0.1) is 31.6 Å². The standard InChI is InChI=1S/C28H48/c1-22-21-25(15-11-8-9-13-17-27(4,5)6)26(24(3)23(22)2)16-12-10-14-18-28(7)19-20-28/h21H,8-20H2,1-7H3. The van der Waals surface area contributed by atoms with Crippen LogP contribution < -0.4 is 0 Å². The van der Waals surface area contributed by atoms with Crippen LogP contribution in [0.5, 0.6) is 0 Å². The smallest absolute Gasteiger partial charge is 0.0273 e. The molecule has 0 spiro atoms. The van der Waals surface area contributed by atoms with Crippen molar-refractivity contribution < 1.29 is 0 Å². The van der Waals surface area contributed by atoms with E-state index in [4.69, 9.17) is 0 Å². The zero-order chi connectivity index (χ0) is 20.8. The third kappa shape index (κ3) is 7.92. The first-order chi connectivity index (χ1) is 13.1. The normalized spacial score (nSPS) is 15.8. The average Bonchev–Trinajstić information content (AvgIpc) is 3.34. The maximum Gasteiger partial charge on any atom is -0.0273 e. The van der Waals surface area contributed by atoms with Gasteiger partial charge in [0.25, 0.3) is 0 Å². The highest BCUT2D eigenvalue weighted by atomic mass is 14.4. The van der Waals surface area contributed by atoms with Crippen LogP contribution in [0.2, 0.25) is 0 Å². The van der Waals surface area contributed by atoms with Gasteiger partial charge in [-0.3, -0.25) is 0 Å². The number of rotatable bonds is 12. The monoisotopic (exact) mass is 384 g/mol. The van der Waals surface area contributed by atoms with Crippen molar-refractivity contribution in [2.24, 2.45) is 10.8 Å². The van der Waals surface area contributed by atoms with Gasteiger partial charge < -0.3 is 0 Å². The van der Waals surface area contributed by atoms with E-state index in [1.807, 2.05) is 0 Å². The molecule has 0 amide bonds. The van der Waals surface area contributed by atoms with E-state index in [1.165, 1.54) is 94.6 Å². The van der Waals surface area contributed by atoms with Gasteiger partial charge in [-0.05, 0) is 111 Å². The number of benzene rings is 1. The molecule has 28 heavy (non-hydrogen) atoms. The highest BCUT2D eigenvalue weighted by molar-refractivity contribution is 5.44. The van der Waals surface area contributed by atoms with Crippen molar-refractivity contribution in [3.8, 4) is 0 Å². The molecule has 0 heterocycles. The maximum absolute atomic E-state index is 2.51. The molecule has 0 N–H and O–H groups in total. The van der Waals surface area contributed by atoms with Crippen LogP contribution in [0.1, 0.15) is 126 Å². The molecule has 1 fully saturated rings. The Labute approximate surface area is 176 Å². The van der Waals surface area contributed by atoms with Gasteiger partial charge >= 0.3 is 0 Å². The van der Waals surface area contributed by atoms with E-state index >= 15 is 0 Å². The molecular weight excluding hydrogens is 336 g/mol. The predicted octanol–water partition coefficient (Wildman–Crippen LogP) is 9.05. The summed E-state index contributed by atoms with van der Waals surface area (Å²) in [5, 5.41) is 0. The number of aryl methyl sites for hydroxylation is 2. The fraction of sp³-hybridized carbons (Fsp3) is 0.786. The molecule has 0 heteroatoms. The molecule has 0 bridgehead atoms. The zero-order valence-corrected chi connectivity index (χ0v) is 20.3. The second-order valence-electron chi connectivity index (χ2n) is 11.4. The lowest BCUT2D eigenvalue weighted by molar-refractivity contribution is 0.357. The van der Waals surface area contributed by atoms with Crippen LogP contribution in [0.25, 0.3) is 0 Å². The highest BCUT2D eigenvalue weighted by Crippen LogP contribution is 2.49. The SMILES string of the molecule is Cc1cc(CCCCCCC(C)(C)C)c(CCCCCC2(C)CC2)c(C)c1C. The zero-order valence-electron chi connectivity index (χ0n) is 20.3. The Morgan fingerprint density at radius 2 is 1.39 bits per heavy atom. The molecule has 1 saturated carbocycles. The molecule has 0 atom stereocenters. The third-order valence-electron chi connectivity index (χ3n) is 7.32. The summed E-state index contributed by atoms with van der Waals surface area (Å²) in [6, 6.07) is 2.51. The summed E-state index contributed by atoms with van der Waals surface area (Å²) in [5.74, 6) is 0. The maximum atomic E-state index is 2.51. The lowest BCUT2D eigenvalue weighted by Gasteiger charge is -2.19. The van der Waals surface area contributed by atoms with Gasteiger partial charge in [0, 0.05) is 0 Å². The first-order valence-electron chi connectivity index (χ1n) is 12.2. The summed E-state index contributed by atoms with van der Waals surface area (Å²) < 4.78 is 0. The van der Waals surface area contributed by atoms with E-state index in [9.17, 15) is 0 Å². The van der Waals surface area contributed by atoms with Crippen molar-refractivity contribution in [2.75, 3.05) is 0 Å². The molecule has 1 aromatic carbocycles. The van der Waals surface area contributed by atoms with Crippen molar-refractivity contribution in [2.45, 2.75) is 132 Å². The highest BCUT2D eigenvalue weighted by Gasteiger charge is 2.35. The van der Waals surface area contributed by atoms with Gasteiger partial charge in [0.15, 0.2) is 0 Å². The van der Waals surface area contributed by atoms with Crippen LogP contribution in [-0.2, 0) is 12.8 Å². The van der Waals surface area contributed by atoms with Crippen LogP contribution in [0.4, 0.5) is 0 Å². The fourth-order valence-corrected chi connectivity index (χ4v) is 4.61. The molecule has 0 nitrogen and oxygen atoms in total. The van der Waals surface area contributed by atoms with Crippen LogP contribution in [0.15, 0.2) is 6.07 Å². The summed E-state index contributed by atoms with van der Waals surface area (Å²) in [4.78, 5) is 0. The van der Waals surface area contributed by atoms with Crippen molar-refractivity contribution in [3.05, 3.63) is 33.9 Å². The van der Waals surface area contributed by atoms with Crippen LogP contribution in [-0.4, -0.2) is 0 Å². The predicted molar refractivity (Wildman–Crippen MR) is 126 cm³/mol. The summed E-state index contributed by atoms with van der Waals surface area (Å²) in [6.07, 6.45) is 18.1. The molecule has 1 aromatic rings. The molecule has 1 aliphatic rings. The first-order valence-corrected chi connectivity index (χ1v) is 12.2. The minimum atomic E-state index is 0.495. The lowest BCUT2D eigenvalue weighted by Crippen LogP contribution is -2.04. The molecule has 0 unspecified atom stereocenters. The van der Waals surface area contributed by atoms with Crippen LogP contribution in [0.3, 0.4) is 0 Å². The Hall–Kier alpha value is -0.780. The molecule has 0 aromatic heterocycles. The number of unbranched alkanes of at least 4 members (excludes halogenated alkanes) is 5. The lowest BCUT2D eigenvalue weighted by atomic mass is 9.87. The first kappa shape index (κ1) is 23.5. The van der Waals surface area contributed by atoms with Gasteiger partial charge in [0.05, 0.1) is 0 Å². The molecule has 0 aliphatic heterocycles. The van der Waals surface area contributed by atoms with Gasteiger partial charge in [-0.2, -0.15) is 0 Å². The van der Waals surface area contributed by atoms with Crippen LogP contribution >= 0.6 is 0 Å². The molecule has 1 aliphatic carbocycles. The molecule has 160 valence electrons. The van der Waals surface area contributed by atoms with Crippen molar-refractivity contribution in [1.82, 2.24) is 0 Å². The summed E-state index contributed by atoms with van der Waals surface area (Å²) in [7, 11) is 0. The number of hydrogen-bond donors (Lipinski definition) is 0. The van der Waals surface area contributed by atoms with E-state index < -0.39 is 0 Å². The van der Waals surface area contributed by atoms with E-state index in [2.05, 4.69) is 54.5 Å².